The summed E-state index contributed by atoms with van der Waals surface area (Å²) in [6, 6.07) is 8.10. The maximum absolute atomic E-state index is 9.27. The van der Waals surface area contributed by atoms with Gasteiger partial charge in [-0.2, -0.15) is 0 Å². The molecule has 0 heterocycles. The van der Waals surface area contributed by atoms with E-state index in [-0.39, 0.29) is 6.10 Å². The summed E-state index contributed by atoms with van der Waals surface area (Å²) in [5.74, 6) is 0.959. The van der Waals surface area contributed by atoms with Crippen LogP contribution in [0.25, 0.3) is 0 Å². The fourth-order valence-electron chi connectivity index (χ4n) is 2.24. The van der Waals surface area contributed by atoms with Gasteiger partial charge >= 0.3 is 0 Å². The fraction of sp³-hybridized carbons (Fsp3) is 0.571. The van der Waals surface area contributed by atoms with E-state index in [0.717, 1.165) is 11.3 Å². The Morgan fingerprint density at radius 3 is 2.44 bits per heavy atom. The zero-order chi connectivity index (χ0) is 11.4. The summed E-state index contributed by atoms with van der Waals surface area (Å²) in [7, 11) is 0. The molecule has 1 unspecified atom stereocenters. The molecule has 0 amide bonds. The van der Waals surface area contributed by atoms with Crippen LogP contribution in [0.2, 0.25) is 0 Å². The smallest absolute Gasteiger partial charge is 0.119 e. The van der Waals surface area contributed by atoms with Crippen molar-refractivity contribution >= 4 is 0 Å². The molecule has 1 saturated carbocycles. The molecule has 2 nitrogen and oxygen atoms in total. The van der Waals surface area contributed by atoms with E-state index >= 15 is 0 Å². The third-order valence-electron chi connectivity index (χ3n) is 3.06. The zero-order valence-electron chi connectivity index (χ0n) is 9.86. The molecule has 1 aliphatic carbocycles. The van der Waals surface area contributed by atoms with Crippen LogP contribution >= 0.6 is 0 Å². The highest BCUT2D eigenvalue weighted by Gasteiger charge is 2.16. The molecule has 1 aromatic rings. The molecule has 0 saturated heterocycles. The number of hydrogen-bond acceptors (Lipinski definition) is 2. The van der Waals surface area contributed by atoms with Crippen LogP contribution in [0.3, 0.4) is 0 Å². The predicted octanol–water partition coefficient (Wildman–Crippen LogP) is 2.93. The van der Waals surface area contributed by atoms with E-state index in [4.69, 9.17) is 4.74 Å². The Hall–Kier alpha value is -1.02. The first-order valence-corrected chi connectivity index (χ1v) is 6.18. The van der Waals surface area contributed by atoms with Crippen LogP contribution in [-0.4, -0.2) is 17.3 Å². The van der Waals surface area contributed by atoms with Crippen molar-refractivity contribution < 1.29 is 9.84 Å². The van der Waals surface area contributed by atoms with Crippen molar-refractivity contribution in [2.24, 2.45) is 0 Å². The van der Waals surface area contributed by atoms with Crippen molar-refractivity contribution in [2.45, 2.75) is 51.2 Å². The minimum atomic E-state index is -0.276. The first kappa shape index (κ1) is 11.5. The quantitative estimate of drug-likeness (QED) is 0.845. The summed E-state index contributed by atoms with van der Waals surface area (Å²) in [5, 5.41) is 9.27. The molecule has 1 aliphatic rings. The Balaban J connectivity index is 1.90. The average Bonchev–Trinajstić information content (AvgIpc) is 2.73. The van der Waals surface area contributed by atoms with Gasteiger partial charge in [0.05, 0.1) is 12.2 Å². The summed E-state index contributed by atoms with van der Waals surface area (Å²) in [5.41, 5.74) is 1.16. The van der Waals surface area contributed by atoms with E-state index in [2.05, 4.69) is 0 Å². The summed E-state index contributed by atoms with van der Waals surface area (Å²) >= 11 is 0. The van der Waals surface area contributed by atoms with Gasteiger partial charge in [-0.1, -0.05) is 12.1 Å². The Labute approximate surface area is 97.3 Å². The largest absolute Gasteiger partial charge is 0.490 e. The van der Waals surface area contributed by atoms with E-state index < -0.39 is 0 Å². The molecular formula is C14H20O2. The normalized spacial score (nSPS) is 18.6. The van der Waals surface area contributed by atoms with E-state index in [1.807, 2.05) is 31.2 Å². The maximum Gasteiger partial charge on any atom is 0.119 e. The summed E-state index contributed by atoms with van der Waals surface area (Å²) in [6.07, 6.45) is 5.83. The number of rotatable bonds is 4. The van der Waals surface area contributed by atoms with Gasteiger partial charge in [0.1, 0.15) is 5.75 Å². The van der Waals surface area contributed by atoms with Crippen molar-refractivity contribution in [1.29, 1.82) is 0 Å². The van der Waals surface area contributed by atoms with Crippen LogP contribution in [0.1, 0.15) is 38.2 Å². The number of aliphatic hydroxyl groups is 1. The van der Waals surface area contributed by atoms with Crippen molar-refractivity contribution in [2.75, 3.05) is 0 Å². The molecule has 2 heteroatoms. The molecule has 16 heavy (non-hydrogen) atoms. The highest BCUT2D eigenvalue weighted by molar-refractivity contribution is 5.27. The van der Waals surface area contributed by atoms with E-state index in [1.54, 1.807) is 0 Å². The molecule has 1 atom stereocenters. The van der Waals surface area contributed by atoms with Gasteiger partial charge in [0.2, 0.25) is 0 Å². The lowest BCUT2D eigenvalue weighted by molar-refractivity contribution is 0.195. The van der Waals surface area contributed by atoms with E-state index in [9.17, 15) is 5.11 Å². The highest BCUT2D eigenvalue weighted by atomic mass is 16.5. The van der Waals surface area contributed by atoms with Gasteiger partial charge in [-0.05, 0) is 56.7 Å². The Morgan fingerprint density at radius 2 is 1.88 bits per heavy atom. The molecule has 0 aliphatic heterocycles. The molecule has 0 radical (unpaired) electrons. The second-order valence-electron chi connectivity index (χ2n) is 4.72. The number of ether oxygens (including phenoxy) is 1. The third kappa shape index (κ3) is 3.24. The van der Waals surface area contributed by atoms with Crippen molar-refractivity contribution in [3.8, 4) is 5.75 Å². The fourth-order valence-corrected chi connectivity index (χ4v) is 2.24. The maximum atomic E-state index is 9.27. The highest BCUT2D eigenvalue weighted by Crippen LogP contribution is 2.24. The van der Waals surface area contributed by atoms with Crippen LogP contribution in [0.4, 0.5) is 0 Å². The molecule has 2 rings (SSSR count). The van der Waals surface area contributed by atoms with Crippen molar-refractivity contribution in [1.82, 2.24) is 0 Å². The van der Waals surface area contributed by atoms with Crippen LogP contribution in [0.15, 0.2) is 24.3 Å². The lowest BCUT2D eigenvalue weighted by Crippen LogP contribution is -2.10. The molecule has 0 aromatic heterocycles. The van der Waals surface area contributed by atoms with Gasteiger partial charge in [0.15, 0.2) is 0 Å². The van der Waals surface area contributed by atoms with E-state index in [1.165, 1.54) is 25.7 Å². The second-order valence-corrected chi connectivity index (χ2v) is 4.72. The number of aliphatic hydroxyl groups excluding tert-OH is 1. The molecule has 0 spiro atoms. The molecule has 1 aromatic carbocycles. The Bertz CT molecular complexity index is 310. The summed E-state index contributed by atoms with van der Waals surface area (Å²) < 4.78 is 5.87. The first-order chi connectivity index (χ1) is 7.74. The lowest BCUT2D eigenvalue weighted by atomic mass is 10.1. The van der Waals surface area contributed by atoms with Gasteiger partial charge < -0.3 is 9.84 Å². The van der Waals surface area contributed by atoms with Gasteiger partial charge in [-0.25, -0.2) is 0 Å². The molecule has 0 bridgehead atoms. The standard InChI is InChI=1S/C14H20O2/c1-11(15)10-12-6-8-14(9-7-12)16-13-4-2-3-5-13/h6-9,11,13,15H,2-5,10H2,1H3. The van der Waals surface area contributed by atoms with Crippen LogP contribution in [0.5, 0.6) is 5.75 Å². The van der Waals surface area contributed by atoms with Crippen LogP contribution in [-0.2, 0) is 6.42 Å². The number of hydrogen-bond donors (Lipinski definition) is 1. The molecule has 1 N–H and O–H groups in total. The van der Waals surface area contributed by atoms with Gasteiger partial charge in [-0.3, -0.25) is 0 Å². The van der Waals surface area contributed by atoms with Crippen molar-refractivity contribution in [3.05, 3.63) is 29.8 Å². The number of benzene rings is 1. The summed E-state index contributed by atoms with van der Waals surface area (Å²) in [4.78, 5) is 0. The topological polar surface area (TPSA) is 29.5 Å². The lowest BCUT2D eigenvalue weighted by Gasteiger charge is -2.13. The zero-order valence-corrected chi connectivity index (χ0v) is 9.86. The Morgan fingerprint density at radius 1 is 1.25 bits per heavy atom. The average molecular weight is 220 g/mol. The van der Waals surface area contributed by atoms with E-state index in [0.29, 0.717) is 12.5 Å². The molecule has 1 fully saturated rings. The predicted molar refractivity (Wildman–Crippen MR) is 64.7 cm³/mol. The third-order valence-corrected chi connectivity index (χ3v) is 3.06. The first-order valence-electron chi connectivity index (χ1n) is 6.18. The minimum Gasteiger partial charge on any atom is -0.490 e. The van der Waals surface area contributed by atoms with Gasteiger partial charge in [0, 0.05) is 0 Å². The van der Waals surface area contributed by atoms with Crippen LogP contribution < -0.4 is 4.74 Å². The second kappa shape index (κ2) is 5.35. The monoisotopic (exact) mass is 220 g/mol. The molecular weight excluding hydrogens is 200 g/mol. The SMILES string of the molecule is CC(O)Cc1ccc(OC2CCCC2)cc1. The van der Waals surface area contributed by atoms with Crippen molar-refractivity contribution in [3.63, 3.8) is 0 Å². The summed E-state index contributed by atoms with van der Waals surface area (Å²) in [6.45, 7) is 1.81. The Kier molecular flexibility index (Phi) is 3.83. The minimum absolute atomic E-state index is 0.276. The van der Waals surface area contributed by atoms with Gasteiger partial charge in [0.25, 0.3) is 0 Å². The van der Waals surface area contributed by atoms with Crippen LogP contribution in [0, 0.1) is 0 Å². The molecule has 88 valence electrons. The van der Waals surface area contributed by atoms with Gasteiger partial charge in [-0.15, -0.1) is 0 Å².